The van der Waals surface area contributed by atoms with E-state index < -0.39 is 12.1 Å². The van der Waals surface area contributed by atoms with E-state index in [1.54, 1.807) is 0 Å². The molecule has 0 heterocycles. The minimum atomic E-state index is -0.471. The molecule has 0 atom stereocenters. The molecule has 9 aromatic carbocycles. The van der Waals surface area contributed by atoms with E-state index in [4.69, 9.17) is 5.48 Å². The summed E-state index contributed by atoms with van der Waals surface area (Å²) in [6, 6.07) is 32.9. The molecule has 42 heavy (non-hydrogen) atoms. The predicted molar refractivity (Wildman–Crippen MR) is 182 cm³/mol. The lowest BCUT2D eigenvalue weighted by Crippen LogP contribution is -1.92. The highest BCUT2D eigenvalue weighted by Crippen LogP contribution is 2.46. The van der Waals surface area contributed by atoms with Crippen molar-refractivity contribution in [2.24, 2.45) is 0 Å². The van der Waals surface area contributed by atoms with Crippen LogP contribution in [0.5, 0.6) is 0 Å². The van der Waals surface area contributed by atoms with Crippen LogP contribution in [0.2, 0.25) is 0 Å². The molecular formula is C42H26. The fourth-order valence-electron chi connectivity index (χ4n) is 6.67. The van der Waals surface area contributed by atoms with Crippen LogP contribution in [0.25, 0.3) is 86.9 Å². The molecule has 194 valence electrons. The number of rotatable bonds is 2. The zero-order chi connectivity index (χ0) is 34.6. The van der Waals surface area contributed by atoms with Crippen molar-refractivity contribution < 1.29 is 11.0 Å². The van der Waals surface area contributed by atoms with Gasteiger partial charge in [-0.05, 0) is 92.9 Å². The summed E-state index contributed by atoms with van der Waals surface area (Å²) in [4.78, 5) is 0. The van der Waals surface area contributed by atoms with Gasteiger partial charge in [-0.2, -0.15) is 0 Å². The summed E-state index contributed by atoms with van der Waals surface area (Å²) in [5.74, 6) is 0. The quantitative estimate of drug-likeness (QED) is 0.152. The van der Waals surface area contributed by atoms with Crippen molar-refractivity contribution in [3.8, 4) is 22.3 Å². The smallest absolute Gasteiger partial charge is 0.0616 e. The molecule has 9 rings (SSSR count). The third kappa shape index (κ3) is 3.30. The van der Waals surface area contributed by atoms with E-state index >= 15 is 0 Å². The molecule has 0 unspecified atom stereocenters. The molecule has 0 radical (unpaired) electrons. The van der Waals surface area contributed by atoms with Crippen molar-refractivity contribution >= 4 is 64.6 Å². The average molecular weight is 539 g/mol. The molecule has 0 N–H and O–H groups in total. The lowest BCUT2D eigenvalue weighted by molar-refractivity contribution is 1.69. The van der Waals surface area contributed by atoms with E-state index in [1.807, 2.05) is 91.0 Å². The Balaban J connectivity index is 1.63. The minimum Gasteiger partial charge on any atom is -0.0616 e. The second-order valence-electron chi connectivity index (χ2n) is 10.6. The van der Waals surface area contributed by atoms with E-state index in [-0.39, 0.29) is 52.4 Å². The van der Waals surface area contributed by atoms with Crippen LogP contribution < -0.4 is 0 Å². The van der Waals surface area contributed by atoms with E-state index in [0.717, 1.165) is 43.1 Å². The first-order chi connectivity index (χ1) is 24.2. The molecule has 0 fully saturated rings. The lowest BCUT2D eigenvalue weighted by Gasteiger charge is -2.19. The van der Waals surface area contributed by atoms with Gasteiger partial charge < -0.3 is 0 Å². The van der Waals surface area contributed by atoms with Gasteiger partial charge in [0, 0.05) is 0 Å². The average Bonchev–Trinajstić information content (AvgIpc) is 3.15. The van der Waals surface area contributed by atoms with Gasteiger partial charge in [0.1, 0.15) is 0 Å². The molecule has 0 aromatic heterocycles. The molecule has 0 saturated heterocycles. The SMILES string of the molecule is [2H]c1c([2H])c([2H])c2c(-c3cccc4ccccc34)c3c(-c4cccc5c6ccccc6c6ccccc6c45)c([2H])c([2H])c([2H])c3c([2H])c2c1[2H]. The van der Waals surface area contributed by atoms with Crippen LogP contribution >= 0.6 is 0 Å². The maximum Gasteiger partial charge on any atom is 0.0636 e. The third-order valence-electron chi connectivity index (χ3n) is 8.41. The predicted octanol–water partition coefficient (Wildman–Crippen LogP) is 11.9. The van der Waals surface area contributed by atoms with Crippen LogP contribution in [0.3, 0.4) is 0 Å². The van der Waals surface area contributed by atoms with E-state index in [1.165, 1.54) is 0 Å². The van der Waals surface area contributed by atoms with Crippen LogP contribution in [0.15, 0.2) is 158 Å². The minimum absolute atomic E-state index is 0.0163. The summed E-state index contributed by atoms with van der Waals surface area (Å²) in [6.45, 7) is 0. The van der Waals surface area contributed by atoms with Gasteiger partial charge in [0.05, 0.1) is 11.0 Å². The standard InChI is InChI=1S/C42H26/c1-3-16-30-27(12-1)14-9-22-35(30)42-31-17-4-2-13-28(31)26-29-15-10-23-38(40(29)42)39-25-11-24-37-34-19-6-5-18-32(34)33-20-7-8-21-36(33)41(37)39/h1-26H/i2D,4D,10D,13D,15D,17D,23D,26D. The molecule has 9 aromatic rings. The summed E-state index contributed by atoms with van der Waals surface area (Å²) in [6.07, 6.45) is 0. The van der Waals surface area contributed by atoms with Gasteiger partial charge in [-0.3, -0.25) is 0 Å². The van der Waals surface area contributed by atoms with Crippen LogP contribution in [0.4, 0.5) is 0 Å². The molecule has 0 bridgehead atoms. The molecule has 0 aliphatic carbocycles. The Bertz CT molecular complexity index is 2920. The highest BCUT2D eigenvalue weighted by Gasteiger charge is 2.19. The summed E-state index contributed by atoms with van der Waals surface area (Å²) >= 11 is 0. The van der Waals surface area contributed by atoms with Gasteiger partial charge in [-0.1, -0.05) is 151 Å². The van der Waals surface area contributed by atoms with Crippen LogP contribution in [0, 0.1) is 0 Å². The van der Waals surface area contributed by atoms with Crippen LogP contribution in [0.1, 0.15) is 11.0 Å². The van der Waals surface area contributed by atoms with Gasteiger partial charge in [0.15, 0.2) is 0 Å². The molecular weight excluding hydrogens is 504 g/mol. The normalized spacial score (nSPS) is 14.5. The topological polar surface area (TPSA) is 0 Å². The maximum absolute atomic E-state index is 9.56. The summed E-state index contributed by atoms with van der Waals surface area (Å²) in [5, 5.41) is 8.17. The summed E-state index contributed by atoms with van der Waals surface area (Å²) in [7, 11) is 0. The first-order valence-electron chi connectivity index (χ1n) is 18.0. The lowest BCUT2D eigenvalue weighted by atomic mass is 9.84. The second-order valence-corrected chi connectivity index (χ2v) is 10.6. The zero-order valence-electron chi connectivity index (χ0n) is 30.4. The maximum atomic E-state index is 9.56. The first-order valence-corrected chi connectivity index (χ1v) is 14.0. The van der Waals surface area contributed by atoms with Gasteiger partial charge >= 0.3 is 0 Å². The van der Waals surface area contributed by atoms with Gasteiger partial charge in [0.25, 0.3) is 0 Å². The van der Waals surface area contributed by atoms with Crippen molar-refractivity contribution in [2.45, 2.75) is 0 Å². The second kappa shape index (κ2) is 9.03. The van der Waals surface area contributed by atoms with Gasteiger partial charge in [-0.15, -0.1) is 0 Å². The number of fused-ring (bicyclic) bond motifs is 9. The Kier molecular flexibility index (Phi) is 3.59. The monoisotopic (exact) mass is 538 g/mol. The molecule has 0 spiro atoms. The third-order valence-corrected chi connectivity index (χ3v) is 8.41. The van der Waals surface area contributed by atoms with E-state index in [0.29, 0.717) is 27.6 Å². The van der Waals surface area contributed by atoms with Crippen molar-refractivity contribution in [1.82, 2.24) is 0 Å². The Labute approximate surface area is 255 Å². The Morgan fingerprint density at radius 2 is 0.905 bits per heavy atom. The Morgan fingerprint density at radius 1 is 0.333 bits per heavy atom. The van der Waals surface area contributed by atoms with Crippen molar-refractivity contribution in [3.05, 3.63) is 158 Å². The highest BCUT2D eigenvalue weighted by molar-refractivity contribution is 6.30. The largest absolute Gasteiger partial charge is 0.0636 e. The van der Waals surface area contributed by atoms with Crippen molar-refractivity contribution in [2.75, 3.05) is 0 Å². The summed E-state index contributed by atoms with van der Waals surface area (Å²) < 4.78 is 72.8. The first kappa shape index (κ1) is 16.7. The van der Waals surface area contributed by atoms with Crippen molar-refractivity contribution in [1.29, 1.82) is 0 Å². The zero-order valence-corrected chi connectivity index (χ0v) is 22.4. The fraction of sp³-hybridized carbons (Fsp3) is 0. The van der Waals surface area contributed by atoms with E-state index in [2.05, 4.69) is 18.2 Å². The molecule has 0 aliphatic heterocycles. The van der Waals surface area contributed by atoms with Crippen LogP contribution in [-0.4, -0.2) is 0 Å². The summed E-state index contributed by atoms with van der Waals surface area (Å²) in [5.41, 5.74) is 2.05. The molecule has 0 nitrogen and oxygen atoms in total. The Hall–Kier alpha value is -5.46. The number of benzene rings is 9. The molecule has 0 heteroatoms. The number of hydrogen-bond donors (Lipinski definition) is 0. The van der Waals surface area contributed by atoms with Gasteiger partial charge in [0.2, 0.25) is 0 Å². The van der Waals surface area contributed by atoms with Crippen LogP contribution in [-0.2, 0) is 0 Å². The van der Waals surface area contributed by atoms with Gasteiger partial charge in [-0.25, -0.2) is 0 Å². The Morgan fingerprint density at radius 3 is 1.71 bits per heavy atom. The van der Waals surface area contributed by atoms with Crippen molar-refractivity contribution in [3.63, 3.8) is 0 Å². The van der Waals surface area contributed by atoms with E-state index in [9.17, 15) is 5.48 Å². The molecule has 0 aliphatic rings. The number of hydrogen-bond acceptors (Lipinski definition) is 0. The highest BCUT2D eigenvalue weighted by atomic mass is 14.2. The molecule has 0 saturated carbocycles. The fourth-order valence-corrected chi connectivity index (χ4v) is 6.67. The molecule has 0 amide bonds.